The van der Waals surface area contributed by atoms with Crippen molar-refractivity contribution in [1.82, 2.24) is 0 Å². The van der Waals surface area contributed by atoms with Crippen molar-refractivity contribution in [2.75, 3.05) is 7.11 Å². The highest BCUT2D eigenvalue weighted by atomic mass is 79.9. The third-order valence-corrected chi connectivity index (χ3v) is 2.13. The SMILES string of the molecule is COc1c(F)c(O)c(Br)c(F)c1F. The van der Waals surface area contributed by atoms with E-state index in [2.05, 4.69) is 20.7 Å². The molecule has 0 aliphatic heterocycles. The lowest BCUT2D eigenvalue weighted by Gasteiger charge is -2.07. The molecule has 2 nitrogen and oxygen atoms in total. The summed E-state index contributed by atoms with van der Waals surface area (Å²) in [5, 5.41) is 8.91. The second-order valence-corrected chi connectivity index (χ2v) is 2.93. The van der Waals surface area contributed by atoms with Crippen LogP contribution in [0.4, 0.5) is 13.2 Å². The van der Waals surface area contributed by atoms with E-state index >= 15 is 0 Å². The molecule has 1 N–H and O–H groups in total. The molecule has 0 saturated carbocycles. The number of benzene rings is 1. The molecule has 0 atom stereocenters. The molecule has 0 saturated heterocycles. The first-order chi connectivity index (χ1) is 6.00. The highest BCUT2D eigenvalue weighted by molar-refractivity contribution is 9.10. The Morgan fingerprint density at radius 2 is 1.69 bits per heavy atom. The fraction of sp³-hybridized carbons (Fsp3) is 0.143. The van der Waals surface area contributed by atoms with Crippen molar-refractivity contribution in [1.29, 1.82) is 0 Å². The molecule has 1 aromatic rings. The number of hydrogen-bond donors (Lipinski definition) is 1. The van der Waals surface area contributed by atoms with Gasteiger partial charge in [-0.15, -0.1) is 0 Å². The van der Waals surface area contributed by atoms with Crippen LogP contribution in [-0.2, 0) is 0 Å². The zero-order chi connectivity index (χ0) is 10.2. The summed E-state index contributed by atoms with van der Waals surface area (Å²) in [6.07, 6.45) is 0. The Bertz CT molecular complexity index is 325. The maximum atomic E-state index is 12.9. The number of phenolic OH excluding ortho intramolecular Hbond substituents is 1. The Morgan fingerprint density at radius 1 is 1.15 bits per heavy atom. The number of ether oxygens (including phenoxy) is 1. The van der Waals surface area contributed by atoms with Gasteiger partial charge in [0.15, 0.2) is 17.3 Å². The molecule has 0 amide bonds. The summed E-state index contributed by atoms with van der Waals surface area (Å²) in [6.45, 7) is 0. The fourth-order valence-electron chi connectivity index (χ4n) is 0.779. The van der Waals surface area contributed by atoms with Gasteiger partial charge in [0, 0.05) is 0 Å². The Kier molecular flexibility index (Phi) is 2.70. The highest BCUT2D eigenvalue weighted by Crippen LogP contribution is 2.37. The van der Waals surface area contributed by atoms with Crippen molar-refractivity contribution >= 4 is 15.9 Å². The first kappa shape index (κ1) is 10.2. The van der Waals surface area contributed by atoms with Crippen molar-refractivity contribution in [2.45, 2.75) is 0 Å². The van der Waals surface area contributed by atoms with E-state index in [1.54, 1.807) is 0 Å². The molecule has 0 aromatic heterocycles. The van der Waals surface area contributed by atoms with Gasteiger partial charge in [0.05, 0.1) is 7.11 Å². The van der Waals surface area contributed by atoms with Gasteiger partial charge in [0.2, 0.25) is 11.6 Å². The standard InChI is InChI=1S/C7H4BrF3O2/c1-13-7-4(10)3(9)2(8)6(12)5(7)11/h12H,1H3. The molecule has 13 heavy (non-hydrogen) atoms. The van der Waals surface area contributed by atoms with E-state index in [1.807, 2.05) is 0 Å². The number of halogens is 4. The van der Waals surface area contributed by atoms with Gasteiger partial charge >= 0.3 is 0 Å². The molecular weight excluding hydrogens is 253 g/mol. The lowest BCUT2D eigenvalue weighted by atomic mass is 10.3. The van der Waals surface area contributed by atoms with Crippen LogP contribution in [-0.4, -0.2) is 12.2 Å². The fourth-order valence-corrected chi connectivity index (χ4v) is 1.13. The maximum absolute atomic E-state index is 12.9. The minimum Gasteiger partial charge on any atom is -0.504 e. The van der Waals surface area contributed by atoms with E-state index in [4.69, 9.17) is 5.11 Å². The van der Waals surface area contributed by atoms with Crippen LogP contribution < -0.4 is 4.74 Å². The Hall–Kier alpha value is -0.910. The van der Waals surface area contributed by atoms with Crippen LogP contribution >= 0.6 is 15.9 Å². The Labute approximate surface area is 80.1 Å². The normalized spacial score (nSPS) is 10.2. The molecule has 0 aliphatic carbocycles. The lowest BCUT2D eigenvalue weighted by molar-refractivity contribution is 0.326. The Balaban J connectivity index is 3.56. The number of hydrogen-bond acceptors (Lipinski definition) is 2. The average molecular weight is 257 g/mol. The summed E-state index contributed by atoms with van der Waals surface area (Å²) in [6, 6.07) is 0. The quantitative estimate of drug-likeness (QED) is 0.618. The van der Waals surface area contributed by atoms with Crippen molar-refractivity contribution in [3.05, 3.63) is 21.9 Å². The zero-order valence-electron chi connectivity index (χ0n) is 6.37. The molecular formula is C7H4BrF3O2. The van der Waals surface area contributed by atoms with Crippen LogP contribution in [0.3, 0.4) is 0 Å². The molecule has 0 radical (unpaired) electrons. The first-order valence-electron chi connectivity index (χ1n) is 3.09. The average Bonchev–Trinajstić information content (AvgIpc) is 2.13. The van der Waals surface area contributed by atoms with Crippen LogP contribution in [0, 0.1) is 17.5 Å². The minimum absolute atomic E-state index is 0.664. The van der Waals surface area contributed by atoms with E-state index in [0.29, 0.717) is 0 Å². The van der Waals surface area contributed by atoms with Gasteiger partial charge < -0.3 is 9.84 Å². The lowest BCUT2D eigenvalue weighted by Crippen LogP contribution is -1.97. The molecule has 72 valence electrons. The number of aromatic hydroxyl groups is 1. The summed E-state index contributed by atoms with van der Waals surface area (Å²) < 4.78 is 42.1. The van der Waals surface area contributed by atoms with Crippen LogP contribution in [0.5, 0.6) is 11.5 Å². The van der Waals surface area contributed by atoms with Gasteiger partial charge in [-0.3, -0.25) is 0 Å². The number of rotatable bonds is 1. The van der Waals surface area contributed by atoms with Gasteiger partial charge in [0.1, 0.15) is 4.47 Å². The topological polar surface area (TPSA) is 29.5 Å². The minimum atomic E-state index is -1.48. The van der Waals surface area contributed by atoms with Gasteiger partial charge in [-0.2, -0.15) is 8.78 Å². The molecule has 0 fully saturated rings. The predicted octanol–water partition coefficient (Wildman–Crippen LogP) is 2.58. The molecule has 0 bridgehead atoms. The summed E-state index contributed by atoms with van der Waals surface area (Å²) in [5.74, 6) is -6.18. The second kappa shape index (κ2) is 3.45. The number of phenols is 1. The summed E-state index contributed by atoms with van der Waals surface area (Å²) >= 11 is 2.48. The Morgan fingerprint density at radius 3 is 2.15 bits per heavy atom. The molecule has 1 rings (SSSR count). The summed E-state index contributed by atoms with van der Waals surface area (Å²) in [5.41, 5.74) is 0. The molecule has 6 heteroatoms. The molecule has 1 aromatic carbocycles. The van der Waals surface area contributed by atoms with E-state index in [9.17, 15) is 13.2 Å². The monoisotopic (exact) mass is 256 g/mol. The van der Waals surface area contributed by atoms with E-state index in [0.717, 1.165) is 7.11 Å². The highest BCUT2D eigenvalue weighted by Gasteiger charge is 2.23. The molecule has 0 unspecified atom stereocenters. The zero-order valence-corrected chi connectivity index (χ0v) is 7.95. The van der Waals surface area contributed by atoms with Gasteiger partial charge in [-0.05, 0) is 15.9 Å². The van der Waals surface area contributed by atoms with E-state index in [1.165, 1.54) is 0 Å². The summed E-state index contributed by atoms with van der Waals surface area (Å²) in [7, 11) is 0.967. The van der Waals surface area contributed by atoms with Crippen molar-refractivity contribution in [2.24, 2.45) is 0 Å². The van der Waals surface area contributed by atoms with E-state index < -0.39 is 33.4 Å². The van der Waals surface area contributed by atoms with Crippen molar-refractivity contribution in [3.8, 4) is 11.5 Å². The van der Waals surface area contributed by atoms with Gasteiger partial charge in [0.25, 0.3) is 0 Å². The molecule has 0 spiro atoms. The second-order valence-electron chi connectivity index (χ2n) is 2.14. The van der Waals surface area contributed by atoms with Gasteiger partial charge in [-0.25, -0.2) is 4.39 Å². The largest absolute Gasteiger partial charge is 0.504 e. The van der Waals surface area contributed by atoms with E-state index in [-0.39, 0.29) is 0 Å². The summed E-state index contributed by atoms with van der Waals surface area (Å²) in [4.78, 5) is 0. The van der Waals surface area contributed by atoms with Crippen LogP contribution in [0.2, 0.25) is 0 Å². The van der Waals surface area contributed by atoms with Crippen LogP contribution in [0.15, 0.2) is 4.47 Å². The number of methoxy groups -OCH3 is 1. The van der Waals surface area contributed by atoms with Crippen LogP contribution in [0.25, 0.3) is 0 Å². The van der Waals surface area contributed by atoms with Crippen molar-refractivity contribution in [3.63, 3.8) is 0 Å². The van der Waals surface area contributed by atoms with Crippen molar-refractivity contribution < 1.29 is 23.0 Å². The smallest absolute Gasteiger partial charge is 0.211 e. The molecule has 0 aliphatic rings. The van der Waals surface area contributed by atoms with Gasteiger partial charge in [-0.1, -0.05) is 0 Å². The van der Waals surface area contributed by atoms with Crippen LogP contribution in [0.1, 0.15) is 0 Å². The maximum Gasteiger partial charge on any atom is 0.211 e. The third kappa shape index (κ3) is 1.46. The predicted molar refractivity (Wildman–Crippen MR) is 42.2 cm³/mol. The third-order valence-electron chi connectivity index (χ3n) is 1.40. The first-order valence-corrected chi connectivity index (χ1v) is 3.88. The molecule has 0 heterocycles.